The molecule has 2 aliphatic rings. The van der Waals surface area contributed by atoms with E-state index in [0.29, 0.717) is 6.61 Å². The lowest BCUT2D eigenvalue weighted by Gasteiger charge is -2.25. The van der Waals surface area contributed by atoms with Gasteiger partial charge in [-0.15, -0.1) is 0 Å². The molecule has 94 valence electrons. The molecule has 0 spiro atoms. The summed E-state index contributed by atoms with van der Waals surface area (Å²) in [5.74, 6) is -2.17. The van der Waals surface area contributed by atoms with Crippen molar-refractivity contribution in [1.29, 1.82) is 0 Å². The molecule has 7 nitrogen and oxygen atoms in total. The van der Waals surface area contributed by atoms with Crippen LogP contribution in [0.15, 0.2) is 0 Å². The molecule has 2 fully saturated rings. The maximum atomic E-state index is 11.8. The second kappa shape index (κ2) is 4.33. The zero-order valence-corrected chi connectivity index (χ0v) is 9.19. The van der Waals surface area contributed by atoms with Gasteiger partial charge in [0.05, 0.1) is 12.5 Å². The summed E-state index contributed by atoms with van der Waals surface area (Å²) in [6.45, 7) is 0.553. The molecule has 3 N–H and O–H groups in total. The summed E-state index contributed by atoms with van der Waals surface area (Å²) >= 11 is 0. The molecule has 0 aromatic heterocycles. The topological polar surface area (TPSA) is 105 Å². The van der Waals surface area contributed by atoms with Crippen LogP contribution in [-0.2, 0) is 19.1 Å². The summed E-state index contributed by atoms with van der Waals surface area (Å²) in [5.41, 5.74) is -1.33. The fourth-order valence-electron chi connectivity index (χ4n) is 2.01. The second-order valence-electron chi connectivity index (χ2n) is 4.38. The van der Waals surface area contributed by atoms with Gasteiger partial charge in [-0.2, -0.15) is 0 Å². The van der Waals surface area contributed by atoms with E-state index in [9.17, 15) is 14.4 Å². The van der Waals surface area contributed by atoms with E-state index in [-0.39, 0.29) is 31.9 Å². The van der Waals surface area contributed by atoms with Crippen molar-refractivity contribution in [2.24, 2.45) is 5.92 Å². The first-order valence-corrected chi connectivity index (χ1v) is 5.43. The van der Waals surface area contributed by atoms with Crippen LogP contribution in [-0.4, -0.2) is 48.2 Å². The highest BCUT2D eigenvalue weighted by Gasteiger charge is 2.45. The SMILES string of the molecule is O=C1CC(C(=O)NC2(C(=O)O)CCOC2)CN1. The average Bonchev–Trinajstić information content (AvgIpc) is 2.87. The summed E-state index contributed by atoms with van der Waals surface area (Å²) in [5, 5.41) is 14.2. The number of ether oxygens (including phenoxy) is 1. The molecule has 7 heteroatoms. The van der Waals surface area contributed by atoms with E-state index in [1.54, 1.807) is 0 Å². The Balaban J connectivity index is 2.01. The number of aliphatic carboxylic acids is 1. The molecule has 0 saturated carbocycles. The van der Waals surface area contributed by atoms with Crippen molar-refractivity contribution in [3.63, 3.8) is 0 Å². The van der Waals surface area contributed by atoms with Gasteiger partial charge < -0.3 is 20.5 Å². The fourth-order valence-corrected chi connectivity index (χ4v) is 2.01. The van der Waals surface area contributed by atoms with Gasteiger partial charge in [-0.25, -0.2) is 4.79 Å². The summed E-state index contributed by atoms with van der Waals surface area (Å²) in [4.78, 5) is 34.0. The summed E-state index contributed by atoms with van der Waals surface area (Å²) in [6, 6.07) is 0. The van der Waals surface area contributed by atoms with E-state index >= 15 is 0 Å². The molecule has 0 aromatic carbocycles. The van der Waals surface area contributed by atoms with E-state index < -0.39 is 23.3 Å². The zero-order chi connectivity index (χ0) is 12.5. The van der Waals surface area contributed by atoms with Gasteiger partial charge in [0.2, 0.25) is 11.8 Å². The number of amides is 2. The van der Waals surface area contributed by atoms with E-state index in [2.05, 4.69) is 10.6 Å². The van der Waals surface area contributed by atoms with E-state index in [4.69, 9.17) is 9.84 Å². The molecule has 2 rings (SSSR count). The molecule has 0 aromatic rings. The van der Waals surface area contributed by atoms with Crippen LogP contribution in [0.3, 0.4) is 0 Å². The van der Waals surface area contributed by atoms with Gasteiger partial charge in [0.25, 0.3) is 0 Å². The number of hydrogen-bond acceptors (Lipinski definition) is 4. The Morgan fingerprint density at radius 2 is 2.29 bits per heavy atom. The smallest absolute Gasteiger partial charge is 0.331 e. The molecule has 17 heavy (non-hydrogen) atoms. The van der Waals surface area contributed by atoms with Crippen molar-refractivity contribution >= 4 is 17.8 Å². The van der Waals surface area contributed by atoms with Gasteiger partial charge in [-0.05, 0) is 0 Å². The molecule has 2 unspecified atom stereocenters. The maximum Gasteiger partial charge on any atom is 0.331 e. The molecule has 0 radical (unpaired) electrons. The zero-order valence-electron chi connectivity index (χ0n) is 9.19. The van der Waals surface area contributed by atoms with Crippen LogP contribution >= 0.6 is 0 Å². The standard InChI is InChI=1S/C10H14N2O5/c13-7-3-6(4-11-7)8(14)12-10(9(15)16)1-2-17-5-10/h6H,1-5H2,(H,11,13)(H,12,14)(H,15,16). The first-order chi connectivity index (χ1) is 8.03. The molecule has 2 amide bonds. The number of carbonyl (C=O) groups excluding carboxylic acids is 2. The fraction of sp³-hybridized carbons (Fsp3) is 0.700. The van der Waals surface area contributed by atoms with Crippen LogP contribution in [0, 0.1) is 5.92 Å². The Hall–Kier alpha value is -1.63. The molecule has 2 atom stereocenters. The van der Waals surface area contributed by atoms with Gasteiger partial charge >= 0.3 is 5.97 Å². The number of rotatable bonds is 3. The second-order valence-corrected chi connectivity index (χ2v) is 4.38. The molecule has 2 aliphatic heterocycles. The lowest BCUT2D eigenvalue weighted by molar-refractivity contribution is -0.148. The third-order valence-electron chi connectivity index (χ3n) is 3.14. The Bertz CT molecular complexity index is 362. The number of nitrogens with one attached hydrogen (secondary N) is 2. The quantitative estimate of drug-likeness (QED) is 0.557. The first-order valence-electron chi connectivity index (χ1n) is 5.43. The van der Waals surface area contributed by atoms with E-state index in [1.165, 1.54) is 0 Å². The van der Waals surface area contributed by atoms with Crippen LogP contribution in [0.25, 0.3) is 0 Å². The van der Waals surface area contributed by atoms with E-state index in [0.717, 1.165) is 0 Å². The largest absolute Gasteiger partial charge is 0.479 e. The molecule has 2 saturated heterocycles. The van der Waals surface area contributed by atoms with Gasteiger partial charge in [0, 0.05) is 26.0 Å². The van der Waals surface area contributed by atoms with Crippen molar-refractivity contribution < 1.29 is 24.2 Å². The third kappa shape index (κ3) is 2.23. The number of carbonyl (C=O) groups is 3. The normalized spacial score (nSPS) is 32.2. The third-order valence-corrected chi connectivity index (χ3v) is 3.14. The van der Waals surface area contributed by atoms with Gasteiger partial charge in [0.1, 0.15) is 0 Å². The van der Waals surface area contributed by atoms with E-state index in [1.807, 2.05) is 0 Å². The van der Waals surface area contributed by atoms with Crippen molar-refractivity contribution in [1.82, 2.24) is 10.6 Å². The van der Waals surface area contributed by atoms with Gasteiger partial charge in [-0.3, -0.25) is 9.59 Å². The predicted octanol–water partition coefficient (Wildman–Crippen LogP) is -1.52. The Morgan fingerprint density at radius 1 is 1.53 bits per heavy atom. The van der Waals surface area contributed by atoms with Crippen LogP contribution < -0.4 is 10.6 Å². The first kappa shape index (κ1) is 11.8. The summed E-state index contributed by atoms with van der Waals surface area (Å²) in [7, 11) is 0. The van der Waals surface area contributed by atoms with Crippen molar-refractivity contribution in [3.8, 4) is 0 Å². The summed E-state index contributed by atoms with van der Waals surface area (Å²) < 4.78 is 5.03. The Morgan fingerprint density at radius 3 is 2.76 bits per heavy atom. The number of hydrogen-bond donors (Lipinski definition) is 3. The summed E-state index contributed by atoms with van der Waals surface area (Å²) in [6.07, 6.45) is 0.366. The van der Waals surface area contributed by atoms with Crippen LogP contribution in [0.4, 0.5) is 0 Å². The molecular weight excluding hydrogens is 228 g/mol. The van der Waals surface area contributed by atoms with Crippen molar-refractivity contribution in [2.45, 2.75) is 18.4 Å². The maximum absolute atomic E-state index is 11.8. The minimum absolute atomic E-state index is 0.0256. The lowest BCUT2D eigenvalue weighted by atomic mass is 9.97. The van der Waals surface area contributed by atoms with Crippen molar-refractivity contribution in [2.75, 3.05) is 19.8 Å². The minimum atomic E-state index is -1.33. The molecular formula is C10H14N2O5. The van der Waals surface area contributed by atoms with Crippen LogP contribution in [0.1, 0.15) is 12.8 Å². The highest BCUT2D eigenvalue weighted by atomic mass is 16.5. The minimum Gasteiger partial charge on any atom is -0.479 e. The molecule has 0 aliphatic carbocycles. The molecule has 2 heterocycles. The number of carboxylic acids is 1. The van der Waals surface area contributed by atoms with Gasteiger partial charge in [0.15, 0.2) is 5.54 Å². The number of carboxylic acid groups (broad SMARTS) is 1. The Kier molecular flexibility index (Phi) is 3.01. The predicted molar refractivity (Wildman–Crippen MR) is 55.1 cm³/mol. The lowest BCUT2D eigenvalue weighted by Crippen LogP contribution is -2.56. The monoisotopic (exact) mass is 242 g/mol. The van der Waals surface area contributed by atoms with Crippen LogP contribution in [0.2, 0.25) is 0 Å². The van der Waals surface area contributed by atoms with Crippen molar-refractivity contribution in [3.05, 3.63) is 0 Å². The highest BCUT2D eigenvalue weighted by molar-refractivity contribution is 5.92. The molecule has 0 bridgehead atoms. The average molecular weight is 242 g/mol. The highest BCUT2D eigenvalue weighted by Crippen LogP contribution is 2.20. The van der Waals surface area contributed by atoms with Crippen LogP contribution in [0.5, 0.6) is 0 Å². The Labute approximate surface area is 97.5 Å². The van der Waals surface area contributed by atoms with Gasteiger partial charge in [-0.1, -0.05) is 0 Å².